The van der Waals surface area contributed by atoms with Crippen molar-refractivity contribution in [2.24, 2.45) is 5.73 Å². The van der Waals surface area contributed by atoms with Crippen LogP contribution in [0.25, 0.3) is 0 Å². The molecule has 0 aromatic heterocycles. The molecule has 0 radical (unpaired) electrons. The minimum atomic E-state index is -0.842. The van der Waals surface area contributed by atoms with Gasteiger partial charge >= 0.3 is 0 Å². The number of carbonyl (C=O) groups excluding carboxylic acids is 1. The van der Waals surface area contributed by atoms with Gasteiger partial charge in [0.2, 0.25) is 0 Å². The Labute approximate surface area is 102 Å². The average Bonchev–Trinajstić information content (AvgIpc) is 2.31. The van der Waals surface area contributed by atoms with E-state index in [2.05, 4.69) is 5.32 Å². The third-order valence-electron chi connectivity index (χ3n) is 2.84. The van der Waals surface area contributed by atoms with E-state index < -0.39 is 5.60 Å². The van der Waals surface area contributed by atoms with E-state index in [0.29, 0.717) is 6.54 Å². The molecule has 0 atom stereocenters. The standard InChI is InChI=1S/C13H20N2O2/c1-9-5-6-10(8-14)7-11(9)15-12(16)13(2,3)17-4/h5-7H,8,14H2,1-4H3,(H,15,16). The molecular formula is C13H20N2O2. The Balaban J connectivity index is 2.91. The van der Waals surface area contributed by atoms with Gasteiger partial charge in [0.25, 0.3) is 5.91 Å². The van der Waals surface area contributed by atoms with E-state index in [1.807, 2.05) is 25.1 Å². The molecule has 4 nitrogen and oxygen atoms in total. The minimum Gasteiger partial charge on any atom is -0.369 e. The predicted molar refractivity (Wildman–Crippen MR) is 68.8 cm³/mol. The van der Waals surface area contributed by atoms with Gasteiger partial charge in [0.15, 0.2) is 0 Å². The SMILES string of the molecule is COC(C)(C)C(=O)Nc1cc(CN)ccc1C. The fourth-order valence-electron chi connectivity index (χ4n) is 1.30. The first-order chi connectivity index (χ1) is 7.90. The zero-order valence-electron chi connectivity index (χ0n) is 10.8. The Morgan fingerprint density at radius 1 is 1.47 bits per heavy atom. The van der Waals surface area contributed by atoms with Gasteiger partial charge in [0, 0.05) is 19.3 Å². The molecule has 0 aliphatic rings. The fourth-order valence-corrected chi connectivity index (χ4v) is 1.30. The largest absolute Gasteiger partial charge is 0.369 e. The smallest absolute Gasteiger partial charge is 0.256 e. The van der Waals surface area contributed by atoms with Gasteiger partial charge in [-0.25, -0.2) is 0 Å². The van der Waals surface area contributed by atoms with Gasteiger partial charge in [0.1, 0.15) is 5.60 Å². The summed E-state index contributed by atoms with van der Waals surface area (Å²) in [6.45, 7) is 5.85. The van der Waals surface area contributed by atoms with Crippen molar-refractivity contribution in [2.45, 2.75) is 32.9 Å². The molecule has 0 heterocycles. The van der Waals surface area contributed by atoms with Gasteiger partial charge < -0.3 is 15.8 Å². The van der Waals surface area contributed by atoms with E-state index in [4.69, 9.17) is 10.5 Å². The second-order valence-electron chi connectivity index (χ2n) is 4.52. The molecular weight excluding hydrogens is 216 g/mol. The number of anilines is 1. The Hall–Kier alpha value is -1.39. The van der Waals surface area contributed by atoms with Gasteiger partial charge in [0.05, 0.1) is 0 Å². The van der Waals surface area contributed by atoms with Crippen LogP contribution in [-0.4, -0.2) is 18.6 Å². The number of hydrogen-bond acceptors (Lipinski definition) is 3. The zero-order chi connectivity index (χ0) is 13.1. The fraction of sp³-hybridized carbons (Fsp3) is 0.462. The number of carbonyl (C=O) groups is 1. The third kappa shape index (κ3) is 3.28. The quantitative estimate of drug-likeness (QED) is 0.838. The van der Waals surface area contributed by atoms with Crippen molar-refractivity contribution in [2.75, 3.05) is 12.4 Å². The Morgan fingerprint density at radius 2 is 2.12 bits per heavy atom. The minimum absolute atomic E-state index is 0.169. The molecule has 0 fully saturated rings. The second kappa shape index (κ2) is 5.29. The molecule has 0 unspecified atom stereocenters. The highest BCUT2D eigenvalue weighted by Gasteiger charge is 2.27. The van der Waals surface area contributed by atoms with Crippen LogP contribution in [0.3, 0.4) is 0 Å². The molecule has 3 N–H and O–H groups in total. The van der Waals surface area contributed by atoms with Crippen molar-refractivity contribution < 1.29 is 9.53 Å². The van der Waals surface area contributed by atoms with Gasteiger partial charge in [-0.1, -0.05) is 12.1 Å². The highest BCUT2D eigenvalue weighted by molar-refractivity contribution is 5.97. The average molecular weight is 236 g/mol. The summed E-state index contributed by atoms with van der Waals surface area (Å²) in [6.07, 6.45) is 0. The molecule has 0 spiro atoms. The first-order valence-electron chi connectivity index (χ1n) is 5.57. The maximum absolute atomic E-state index is 11.9. The van der Waals surface area contributed by atoms with Crippen LogP contribution in [-0.2, 0) is 16.1 Å². The lowest BCUT2D eigenvalue weighted by molar-refractivity contribution is -0.133. The number of nitrogens with two attached hydrogens (primary N) is 1. The molecule has 0 saturated heterocycles. The Kier molecular flexibility index (Phi) is 4.26. The number of aryl methyl sites for hydroxylation is 1. The summed E-state index contributed by atoms with van der Waals surface area (Å²) in [4.78, 5) is 11.9. The lowest BCUT2D eigenvalue weighted by Crippen LogP contribution is -2.39. The molecule has 4 heteroatoms. The van der Waals surface area contributed by atoms with Gasteiger partial charge in [-0.05, 0) is 38.0 Å². The molecule has 94 valence electrons. The number of methoxy groups -OCH3 is 1. The molecule has 0 aliphatic carbocycles. The molecule has 1 aromatic carbocycles. The summed E-state index contributed by atoms with van der Waals surface area (Å²) >= 11 is 0. The molecule has 0 aliphatic heterocycles. The summed E-state index contributed by atoms with van der Waals surface area (Å²) < 4.78 is 5.13. The zero-order valence-corrected chi connectivity index (χ0v) is 10.8. The summed E-state index contributed by atoms with van der Waals surface area (Å²) in [6, 6.07) is 5.78. The van der Waals surface area contributed by atoms with Crippen LogP contribution in [0.15, 0.2) is 18.2 Å². The van der Waals surface area contributed by atoms with E-state index in [0.717, 1.165) is 16.8 Å². The summed E-state index contributed by atoms with van der Waals surface area (Å²) in [5.41, 5.74) is 7.50. The second-order valence-corrected chi connectivity index (χ2v) is 4.52. The van der Waals surface area contributed by atoms with Gasteiger partial charge in [-0.3, -0.25) is 4.79 Å². The lowest BCUT2D eigenvalue weighted by Gasteiger charge is -2.22. The van der Waals surface area contributed by atoms with E-state index in [-0.39, 0.29) is 5.91 Å². The van der Waals surface area contributed by atoms with E-state index in [9.17, 15) is 4.79 Å². The highest BCUT2D eigenvalue weighted by Crippen LogP contribution is 2.19. The lowest BCUT2D eigenvalue weighted by atomic mass is 10.1. The number of hydrogen-bond donors (Lipinski definition) is 2. The van der Waals surface area contributed by atoms with Crippen molar-refractivity contribution in [3.05, 3.63) is 29.3 Å². The van der Waals surface area contributed by atoms with Crippen molar-refractivity contribution >= 4 is 11.6 Å². The van der Waals surface area contributed by atoms with Crippen LogP contribution in [0.4, 0.5) is 5.69 Å². The maximum atomic E-state index is 11.9. The molecule has 17 heavy (non-hydrogen) atoms. The molecule has 0 saturated carbocycles. The van der Waals surface area contributed by atoms with Crippen LogP contribution in [0, 0.1) is 6.92 Å². The van der Waals surface area contributed by atoms with Crippen LogP contribution >= 0.6 is 0 Å². The highest BCUT2D eigenvalue weighted by atomic mass is 16.5. The Morgan fingerprint density at radius 3 is 2.65 bits per heavy atom. The van der Waals surface area contributed by atoms with E-state index in [1.165, 1.54) is 7.11 Å². The maximum Gasteiger partial charge on any atom is 0.256 e. The first kappa shape index (κ1) is 13.7. The van der Waals surface area contributed by atoms with E-state index in [1.54, 1.807) is 13.8 Å². The van der Waals surface area contributed by atoms with Crippen molar-refractivity contribution in [3.63, 3.8) is 0 Å². The van der Waals surface area contributed by atoms with Crippen LogP contribution in [0.1, 0.15) is 25.0 Å². The van der Waals surface area contributed by atoms with Crippen molar-refractivity contribution in [3.8, 4) is 0 Å². The third-order valence-corrected chi connectivity index (χ3v) is 2.84. The van der Waals surface area contributed by atoms with Crippen molar-refractivity contribution in [1.29, 1.82) is 0 Å². The predicted octanol–water partition coefficient (Wildman–Crippen LogP) is 1.82. The summed E-state index contributed by atoms with van der Waals surface area (Å²) in [7, 11) is 1.52. The number of benzene rings is 1. The van der Waals surface area contributed by atoms with Crippen LogP contribution in [0.5, 0.6) is 0 Å². The molecule has 1 rings (SSSR count). The number of ether oxygens (including phenoxy) is 1. The normalized spacial score (nSPS) is 11.4. The Bertz CT molecular complexity index is 414. The molecule has 0 bridgehead atoms. The van der Waals surface area contributed by atoms with E-state index >= 15 is 0 Å². The molecule has 1 aromatic rings. The number of rotatable bonds is 4. The first-order valence-corrected chi connectivity index (χ1v) is 5.57. The molecule has 1 amide bonds. The van der Waals surface area contributed by atoms with Crippen molar-refractivity contribution in [1.82, 2.24) is 0 Å². The number of nitrogens with one attached hydrogen (secondary N) is 1. The summed E-state index contributed by atoms with van der Waals surface area (Å²) in [5, 5.41) is 2.86. The number of amides is 1. The summed E-state index contributed by atoms with van der Waals surface area (Å²) in [5.74, 6) is -0.169. The van der Waals surface area contributed by atoms with Gasteiger partial charge in [-0.15, -0.1) is 0 Å². The van der Waals surface area contributed by atoms with Gasteiger partial charge in [-0.2, -0.15) is 0 Å². The van der Waals surface area contributed by atoms with Crippen LogP contribution < -0.4 is 11.1 Å². The monoisotopic (exact) mass is 236 g/mol. The van der Waals surface area contributed by atoms with Crippen LogP contribution in [0.2, 0.25) is 0 Å². The topological polar surface area (TPSA) is 64.3 Å².